The van der Waals surface area contributed by atoms with E-state index in [2.05, 4.69) is 32.0 Å². The molecule has 0 atom stereocenters. The van der Waals surface area contributed by atoms with Crippen LogP contribution in [0.1, 0.15) is 19.8 Å². The lowest BCUT2D eigenvalue weighted by atomic mass is 9.99. The molecule has 1 aromatic heterocycles. The van der Waals surface area contributed by atoms with Gasteiger partial charge in [-0.05, 0) is 18.8 Å². The van der Waals surface area contributed by atoms with Gasteiger partial charge in [0.25, 0.3) is 0 Å². The van der Waals surface area contributed by atoms with E-state index in [-0.39, 0.29) is 0 Å². The van der Waals surface area contributed by atoms with Crippen LogP contribution in [0.15, 0.2) is 12.4 Å². The first-order valence-corrected chi connectivity index (χ1v) is 7.36. The molecule has 3 rings (SSSR count). The van der Waals surface area contributed by atoms with Gasteiger partial charge in [0.05, 0.1) is 0 Å². The molecule has 0 saturated carbocycles. The predicted molar refractivity (Wildman–Crippen MR) is 77.7 cm³/mol. The highest BCUT2D eigenvalue weighted by molar-refractivity contribution is 5.62. The maximum Gasteiger partial charge on any atom is 0.172 e. The zero-order valence-corrected chi connectivity index (χ0v) is 11.7. The molecule has 0 bridgehead atoms. The molecule has 0 amide bonds. The Morgan fingerprint density at radius 1 is 0.947 bits per heavy atom. The van der Waals surface area contributed by atoms with Crippen molar-refractivity contribution >= 4 is 11.6 Å². The molecule has 5 nitrogen and oxygen atoms in total. The van der Waals surface area contributed by atoms with E-state index in [4.69, 9.17) is 0 Å². The maximum atomic E-state index is 4.60. The molecule has 0 unspecified atom stereocenters. The lowest BCUT2D eigenvalue weighted by molar-refractivity contribution is 0.436. The van der Waals surface area contributed by atoms with Crippen LogP contribution >= 0.6 is 0 Å². The molecule has 1 aromatic rings. The number of rotatable bonds is 2. The topological polar surface area (TPSA) is 44.3 Å². The van der Waals surface area contributed by atoms with E-state index in [1.807, 2.05) is 12.4 Å². The van der Waals surface area contributed by atoms with E-state index in [1.165, 1.54) is 12.8 Å². The van der Waals surface area contributed by atoms with Crippen molar-refractivity contribution < 1.29 is 0 Å². The Balaban J connectivity index is 1.80. The van der Waals surface area contributed by atoms with Gasteiger partial charge in [0.15, 0.2) is 11.6 Å². The van der Waals surface area contributed by atoms with Gasteiger partial charge in [0.1, 0.15) is 0 Å². The third kappa shape index (κ3) is 2.81. The summed E-state index contributed by atoms with van der Waals surface area (Å²) in [6.07, 6.45) is 6.15. The van der Waals surface area contributed by atoms with Crippen LogP contribution in [0.3, 0.4) is 0 Å². The lowest BCUT2D eigenvalue weighted by Gasteiger charge is -2.35. The van der Waals surface area contributed by atoms with Gasteiger partial charge in [-0.3, -0.25) is 0 Å². The summed E-state index contributed by atoms with van der Waals surface area (Å²) in [5.41, 5.74) is 0. The molecule has 2 aliphatic heterocycles. The highest BCUT2D eigenvalue weighted by atomic mass is 15.3. The van der Waals surface area contributed by atoms with Crippen LogP contribution in [-0.2, 0) is 0 Å². The second-order valence-corrected chi connectivity index (χ2v) is 5.61. The van der Waals surface area contributed by atoms with Gasteiger partial charge in [-0.15, -0.1) is 0 Å². The molecule has 5 heteroatoms. The Morgan fingerprint density at radius 2 is 1.47 bits per heavy atom. The summed E-state index contributed by atoms with van der Waals surface area (Å²) in [5.74, 6) is 2.99. The van der Waals surface area contributed by atoms with Crippen molar-refractivity contribution in [3.05, 3.63) is 12.4 Å². The molecule has 2 aliphatic rings. The molecule has 2 saturated heterocycles. The molecular weight excluding hydrogens is 238 g/mol. The molecule has 0 radical (unpaired) electrons. The first-order valence-electron chi connectivity index (χ1n) is 7.36. The molecule has 0 aromatic carbocycles. The summed E-state index contributed by atoms with van der Waals surface area (Å²) >= 11 is 0. The normalized spacial score (nSPS) is 21.7. The van der Waals surface area contributed by atoms with Crippen LogP contribution in [-0.4, -0.2) is 49.2 Å². The number of piperazine rings is 1. The monoisotopic (exact) mass is 261 g/mol. The zero-order valence-electron chi connectivity index (χ0n) is 11.7. The number of nitrogens with zero attached hydrogens (tertiary/aromatic N) is 4. The van der Waals surface area contributed by atoms with Gasteiger partial charge in [0, 0.05) is 51.7 Å². The molecule has 19 heavy (non-hydrogen) atoms. The molecular formula is C14H23N5. The minimum atomic E-state index is 0.843. The standard InChI is InChI=1S/C14H23N5/c1-12-2-8-18(9-3-12)13-14(17-5-4-16-13)19-10-6-15-7-11-19/h4-5,12,15H,2-3,6-11H2,1H3. The van der Waals surface area contributed by atoms with E-state index in [1.54, 1.807) is 0 Å². The van der Waals surface area contributed by atoms with E-state index in [0.717, 1.165) is 56.8 Å². The molecule has 104 valence electrons. The summed E-state index contributed by atoms with van der Waals surface area (Å²) in [4.78, 5) is 14.0. The molecule has 0 aliphatic carbocycles. The van der Waals surface area contributed by atoms with Crippen LogP contribution in [0, 0.1) is 5.92 Å². The van der Waals surface area contributed by atoms with E-state index in [0.29, 0.717) is 0 Å². The Morgan fingerprint density at radius 3 is 2.05 bits per heavy atom. The largest absolute Gasteiger partial charge is 0.354 e. The van der Waals surface area contributed by atoms with Crippen molar-refractivity contribution in [3.8, 4) is 0 Å². The number of hydrogen-bond donors (Lipinski definition) is 1. The highest BCUT2D eigenvalue weighted by Gasteiger charge is 2.23. The first kappa shape index (κ1) is 12.7. The molecule has 0 spiro atoms. The maximum absolute atomic E-state index is 4.60. The quantitative estimate of drug-likeness (QED) is 0.864. The number of piperidine rings is 1. The lowest BCUT2D eigenvalue weighted by Crippen LogP contribution is -2.45. The Kier molecular flexibility index (Phi) is 3.82. The van der Waals surface area contributed by atoms with Crippen LogP contribution in [0.5, 0.6) is 0 Å². The van der Waals surface area contributed by atoms with Crippen LogP contribution in [0.2, 0.25) is 0 Å². The van der Waals surface area contributed by atoms with Crippen LogP contribution < -0.4 is 15.1 Å². The van der Waals surface area contributed by atoms with Crippen molar-refractivity contribution in [2.75, 3.05) is 49.1 Å². The average molecular weight is 261 g/mol. The molecule has 1 N–H and O–H groups in total. The fraction of sp³-hybridized carbons (Fsp3) is 0.714. The van der Waals surface area contributed by atoms with E-state index >= 15 is 0 Å². The second kappa shape index (κ2) is 5.74. The van der Waals surface area contributed by atoms with Crippen LogP contribution in [0.25, 0.3) is 0 Å². The fourth-order valence-electron chi connectivity index (χ4n) is 2.87. The van der Waals surface area contributed by atoms with Gasteiger partial charge >= 0.3 is 0 Å². The first-order chi connectivity index (χ1) is 9.34. The number of anilines is 2. The third-order valence-electron chi connectivity index (χ3n) is 4.16. The Labute approximate surface area is 115 Å². The number of nitrogens with one attached hydrogen (secondary N) is 1. The zero-order chi connectivity index (χ0) is 13.1. The minimum Gasteiger partial charge on any atom is -0.354 e. The van der Waals surface area contributed by atoms with Gasteiger partial charge < -0.3 is 15.1 Å². The SMILES string of the molecule is CC1CCN(c2nccnc2N2CCNCC2)CC1. The predicted octanol–water partition coefficient (Wildman–Crippen LogP) is 1.12. The summed E-state index contributed by atoms with van der Waals surface area (Å²) in [6.45, 7) is 8.68. The van der Waals surface area contributed by atoms with Crippen molar-refractivity contribution in [3.63, 3.8) is 0 Å². The Hall–Kier alpha value is -1.36. The van der Waals surface area contributed by atoms with E-state index < -0.39 is 0 Å². The van der Waals surface area contributed by atoms with Crippen molar-refractivity contribution in [2.24, 2.45) is 5.92 Å². The fourth-order valence-corrected chi connectivity index (χ4v) is 2.87. The highest BCUT2D eigenvalue weighted by Crippen LogP contribution is 2.28. The summed E-state index contributed by atoms with van der Waals surface area (Å²) in [6, 6.07) is 0. The van der Waals surface area contributed by atoms with Crippen molar-refractivity contribution in [1.29, 1.82) is 0 Å². The van der Waals surface area contributed by atoms with Gasteiger partial charge in [-0.1, -0.05) is 6.92 Å². The number of hydrogen-bond acceptors (Lipinski definition) is 5. The summed E-state index contributed by atoms with van der Waals surface area (Å²) < 4.78 is 0. The van der Waals surface area contributed by atoms with Crippen molar-refractivity contribution in [1.82, 2.24) is 15.3 Å². The molecule has 3 heterocycles. The van der Waals surface area contributed by atoms with Gasteiger partial charge in [0.2, 0.25) is 0 Å². The average Bonchev–Trinajstić information content (AvgIpc) is 2.49. The van der Waals surface area contributed by atoms with E-state index in [9.17, 15) is 0 Å². The summed E-state index contributed by atoms with van der Waals surface area (Å²) in [7, 11) is 0. The Bertz CT molecular complexity index is 408. The third-order valence-corrected chi connectivity index (χ3v) is 4.16. The number of aromatic nitrogens is 2. The summed E-state index contributed by atoms with van der Waals surface area (Å²) in [5, 5.41) is 3.39. The van der Waals surface area contributed by atoms with Gasteiger partial charge in [-0.25, -0.2) is 9.97 Å². The second-order valence-electron chi connectivity index (χ2n) is 5.61. The minimum absolute atomic E-state index is 0.843. The smallest absolute Gasteiger partial charge is 0.172 e. The van der Waals surface area contributed by atoms with Gasteiger partial charge in [-0.2, -0.15) is 0 Å². The van der Waals surface area contributed by atoms with Crippen molar-refractivity contribution in [2.45, 2.75) is 19.8 Å². The molecule has 2 fully saturated rings. The van der Waals surface area contributed by atoms with Crippen LogP contribution in [0.4, 0.5) is 11.6 Å².